The molecule has 2 nitrogen and oxygen atoms in total. The fraction of sp³-hybridized carbons (Fsp3) is 0.500. The molecular weight excluding hydrogens is 193 g/mol. The molecular formula is C12H16FNO. The molecule has 1 aromatic rings. The second kappa shape index (κ2) is 4.19. The maximum absolute atomic E-state index is 13.5. The van der Waals surface area contributed by atoms with Crippen molar-refractivity contribution in [2.45, 2.75) is 19.4 Å². The number of aryl methyl sites for hydroxylation is 1. The van der Waals surface area contributed by atoms with E-state index in [1.807, 2.05) is 13.0 Å². The van der Waals surface area contributed by atoms with E-state index >= 15 is 0 Å². The number of ether oxygens (including phenoxy) is 1. The van der Waals surface area contributed by atoms with Gasteiger partial charge in [0.05, 0.1) is 0 Å². The van der Waals surface area contributed by atoms with Crippen molar-refractivity contribution in [1.29, 1.82) is 0 Å². The van der Waals surface area contributed by atoms with Crippen LogP contribution in [0.1, 0.15) is 12.0 Å². The van der Waals surface area contributed by atoms with E-state index in [2.05, 4.69) is 11.9 Å². The number of halogens is 1. The first-order valence-electron chi connectivity index (χ1n) is 5.26. The summed E-state index contributed by atoms with van der Waals surface area (Å²) < 4.78 is 19.1. The lowest BCUT2D eigenvalue weighted by Gasteiger charge is -2.14. The van der Waals surface area contributed by atoms with E-state index in [1.54, 1.807) is 6.07 Å². The van der Waals surface area contributed by atoms with E-state index in [1.165, 1.54) is 6.07 Å². The van der Waals surface area contributed by atoms with Gasteiger partial charge in [0, 0.05) is 13.1 Å². The van der Waals surface area contributed by atoms with Crippen LogP contribution in [-0.4, -0.2) is 31.1 Å². The smallest absolute Gasteiger partial charge is 0.165 e. The minimum atomic E-state index is -0.260. The Morgan fingerprint density at radius 1 is 1.47 bits per heavy atom. The number of hydrogen-bond acceptors (Lipinski definition) is 2. The van der Waals surface area contributed by atoms with Gasteiger partial charge in [0.25, 0.3) is 0 Å². The zero-order valence-corrected chi connectivity index (χ0v) is 9.16. The van der Waals surface area contributed by atoms with E-state index in [9.17, 15) is 4.39 Å². The molecule has 0 aliphatic carbocycles. The van der Waals surface area contributed by atoms with Crippen molar-refractivity contribution in [3.63, 3.8) is 0 Å². The first-order chi connectivity index (χ1) is 7.15. The Hall–Kier alpha value is -1.09. The van der Waals surface area contributed by atoms with Crippen LogP contribution in [0.3, 0.4) is 0 Å². The number of hydrogen-bond donors (Lipinski definition) is 0. The molecule has 0 radical (unpaired) electrons. The molecule has 1 unspecified atom stereocenters. The zero-order chi connectivity index (χ0) is 10.8. The third-order valence-electron chi connectivity index (χ3n) is 2.73. The largest absolute Gasteiger partial charge is 0.486 e. The summed E-state index contributed by atoms with van der Waals surface area (Å²) in [6, 6.07) is 5.09. The van der Waals surface area contributed by atoms with Crippen molar-refractivity contribution < 1.29 is 9.13 Å². The quantitative estimate of drug-likeness (QED) is 0.740. The molecule has 0 aromatic heterocycles. The lowest BCUT2D eigenvalue weighted by molar-refractivity contribution is 0.199. The van der Waals surface area contributed by atoms with Crippen LogP contribution in [0.5, 0.6) is 5.75 Å². The molecule has 1 aliphatic rings. The van der Waals surface area contributed by atoms with Gasteiger partial charge in [0.2, 0.25) is 0 Å². The number of likely N-dealkylation sites (N-methyl/N-ethyl adjacent to an activating group) is 1. The van der Waals surface area contributed by atoms with E-state index in [-0.39, 0.29) is 11.9 Å². The minimum Gasteiger partial charge on any atom is -0.486 e. The van der Waals surface area contributed by atoms with Crippen molar-refractivity contribution in [2.75, 3.05) is 20.1 Å². The van der Waals surface area contributed by atoms with Gasteiger partial charge in [-0.15, -0.1) is 0 Å². The van der Waals surface area contributed by atoms with Crippen LogP contribution in [0.4, 0.5) is 4.39 Å². The van der Waals surface area contributed by atoms with Crippen LogP contribution in [0.2, 0.25) is 0 Å². The highest BCUT2D eigenvalue weighted by Gasteiger charge is 2.21. The average Bonchev–Trinajstić information content (AvgIpc) is 2.56. The Balaban J connectivity index is 2.04. The van der Waals surface area contributed by atoms with Crippen LogP contribution < -0.4 is 4.74 Å². The predicted molar refractivity (Wildman–Crippen MR) is 57.7 cm³/mol. The van der Waals surface area contributed by atoms with Crippen LogP contribution in [0.15, 0.2) is 18.2 Å². The fourth-order valence-electron chi connectivity index (χ4n) is 1.87. The highest BCUT2D eigenvalue weighted by molar-refractivity contribution is 5.28. The van der Waals surface area contributed by atoms with Crippen LogP contribution in [0.25, 0.3) is 0 Å². The molecule has 15 heavy (non-hydrogen) atoms. The first kappa shape index (κ1) is 10.4. The molecule has 0 N–H and O–H groups in total. The molecule has 0 bridgehead atoms. The summed E-state index contributed by atoms with van der Waals surface area (Å²) in [4.78, 5) is 2.19. The van der Waals surface area contributed by atoms with Gasteiger partial charge >= 0.3 is 0 Å². The fourth-order valence-corrected chi connectivity index (χ4v) is 1.87. The van der Waals surface area contributed by atoms with Crippen molar-refractivity contribution in [3.8, 4) is 5.75 Å². The Morgan fingerprint density at radius 3 is 2.87 bits per heavy atom. The Bertz CT molecular complexity index is 353. The van der Waals surface area contributed by atoms with Crippen LogP contribution in [0, 0.1) is 12.7 Å². The summed E-state index contributed by atoms with van der Waals surface area (Å²) in [7, 11) is 2.05. The molecule has 1 fully saturated rings. The van der Waals surface area contributed by atoms with Crippen LogP contribution >= 0.6 is 0 Å². The Labute approximate surface area is 89.7 Å². The summed E-state index contributed by atoms with van der Waals surface area (Å²) in [5.41, 5.74) is 0.920. The molecule has 0 amide bonds. The number of likely N-dealkylation sites (tertiary alicyclic amines) is 1. The third-order valence-corrected chi connectivity index (χ3v) is 2.73. The second-order valence-electron chi connectivity index (χ2n) is 4.22. The van der Waals surface area contributed by atoms with Gasteiger partial charge in [-0.1, -0.05) is 6.07 Å². The molecule has 1 saturated heterocycles. The van der Waals surface area contributed by atoms with Gasteiger partial charge in [0.15, 0.2) is 11.6 Å². The molecule has 82 valence electrons. The predicted octanol–water partition coefficient (Wildman–Crippen LogP) is 2.22. The van der Waals surface area contributed by atoms with Gasteiger partial charge in [0.1, 0.15) is 6.10 Å². The van der Waals surface area contributed by atoms with Gasteiger partial charge in [-0.05, 0) is 38.1 Å². The number of benzene rings is 1. The SMILES string of the molecule is Cc1ccc(OC2CCN(C)C2)c(F)c1. The summed E-state index contributed by atoms with van der Waals surface area (Å²) >= 11 is 0. The molecule has 1 aliphatic heterocycles. The second-order valence-corrected chi connectivity index (χ2v) is 4.22. The summed E-state index contributed by atoms with van der Waals surface area (Å²) in [5.74, 6) is 0.116. The van der Waals surface area contributed by atoms with E-state index in [4.69, 9.17) is 4.74 Å². The molecule has 2 rings (SSSR count). The topological polar surface area (TPSA) is 12.5 Å². The maximum Gasteiger partial charge on any atom is 0.165 e. The summed E-state index contributed by atoms with van der Waals surface area (Å²) in [6.45, 7) is 3.78. The highest BCUT2D eigenvalue weighted by Crippen LogP contribution is 2.21. The van der Waals surface area contributed by atoms with E-state index in [0.29, 0.717) is 5.75 Å². The van der Waals surface area contributed by atoms with Crippen molar-refractivity contribution in [3.05, 3.63) is 29.6 Å². The Morgan fingerprint density at radius 2 is 2.27 bits per heavy atom. The summed E-state index contributed by atoms with van der Waals surface area (Å²) in [6.07, 6.45) is 1.11. The molecule has 0 spiro atoms. The molecule has 0 saturated carbocycles. The van der Waals surface area contributed by atoms with E-state index in [0.717, 1.165) is 25.1 Å². The van der Waals surface area contributed by atoms with Gasteiger partial charge in [-0.3, -0.25) is 0 Å². The van der Waals surface area contributed by atoms with Crippen molar-refractivity contribution in [2.24, 2.45) is 0 Å². The van der Waals surface area contributed by atoms with E-state index < -0.39 is 0 Å². The zero-order valence-electron chi connectivity index (χ0n) is 9.16. The Kier molecular flexibility index (Phi) is 2.91. The normalized spacial score (nSPS) is 21.9. The van der Waals surface area contributed by atoms with Crippen LogP contribution in [-0.2, 0) is 0 Å². The number of nitrogens with zero attached hydrogens (tertiary/aromatic N) is 1. The lowest BCUT2D eigenvalue weighted by Crippen LogP contribution is -2.21. The lowest BCUT2D eigenvalue weighted by atomic mass is 10.2. The monoisotopic (exact) mass is 209 g/mol. The number of rotatable bonds is 2. The molecule has 1 aromatic carbocycles. The molecule has 1 heterocycles. The van der Waals surface area contributed by atoms with Crippen molar-refractivity contribution in [1.82, 2.24) is 4.90 Å². The van der Waals surface area contributed by atoms with Gasteiger partial charge < -0.3 is 9.64 Å². The average molecular weight is 209 g/mol. The highest BCUT2D eigenvalue weighted by atomic mass is 19.1. The minimum absolute atomic E-state index is 0.132. The first-order valence-corrected chi connectivity index (χ1v) is 5.26. The van der Waals surface area contributed by atoms with Gasteiger partial charge in [-0.25, -0.2) is 4.39 Å². The standard InChI is InChI=1S/C12H16FNO/c1-9-3-4-12(11(13)7-9)15-10-5-6-14(2)8-10/h3-4,7,10H,5-6,8H2,1-2H3. The van der Waals surface area contributed by atoms with Gasteiger partial charge in [-0.2, -0.15) is 0 Å². The summed E-state index contributed by atoms with van der Waals surface area (Å²) in [5, 5.41) is 0. The molecule has 3 heteroatoms. The third kappa shape index (κ3) is 2.48. The molecule has 1 atom stereocenters. The van der Waals surface area contributed by atoms with Crippen molar-refractivity contribution >= 4 is 0 Å². The maximum atomic E-state index is 13.5.